The number of anilines is 2. The lowest BCUT2D eigenvalue weighted by molar-refractivity contribution is -0.683. The van der Waals surface area contributed by atoms with Crippen LogP contribution in [0.3, 0.4) is 0 Å². The lowest BCUT2D eigenvalue weighted by atomic mass is 9.86. The Morgan fingerprint density at radius 3 is 1.98 bits per heavy atom. The van der Waals surface area contributed by atoms with Crippen LogP contribution < -0.4 is 19.9 Å². The third-order valence-electron chi connectivity index (χ3n) is 7.41. The van der Waals surface area contributed by atoms with Gasteiger partial charge in [0.25, 0.3) is 0 Å². The zero-order valence-corrected chi connectivity index (χ0v) is 26.7. The summed E-state index contributed by atoms with van der Waals surface area (Å²) in [5, 5.41) is 7.99. The van der Waals surface area contributed by atoms with E-state index in [0.717, 1.165) is 42.3 Å². The molecule has 3 rings (SSSR count). The number of carbonyl (C=O) groups is 1. The van der Waals surface area contributed by atoms with Crippen LogP contribution in [0.1, 0.15) is 116 Å². The average Bonchev–Trinajstić information content (AvgIpc) is 3.45. The van der Waals surface area contributed by atoms with Crippen molar-refractivity contribution in [2.45, 2.75) is 117 Å². The highest BCUT2D eigenvalue weighted by Gasteiger charge is 2.20. The Kier molecular flexibility index (Phi) is 14.2. The summed E-state index contributed by atoms with van der Waals surface area (Å²) in [4.78, 5) is 12.7. The zero-order valence-electron chi connectivity index (χ0n) is 25.8. The van der Waals surface area contributed by atoms with Gasteiger partial charge in [0.15, 0.2) is 12.7 Å². The van der Waals surface area contributed by atoms with Crippen molar-refractivity contribution in [1.29, 1.82) is 0 Å². The highest BCUT2D eigenvalue weighted by Crippen LogP contribution is 2.34. The van der Waals surface area contributed by atoms with Gasteiger partial charge in [-0.3, -0.25) is 0 Å². The first kappa shape index (κ1) is 32.7. The van der Waals surface area contributed by atoms with Crippen LogP contribution in [0.2, 0.25) is 0 Å². The Morgan fingerprint density at radius 1 is 0.805 bits per heavy atom. The molecule has 1 aromatic heterocycles. The number of hydrogen-bond donors (Lipinski definition) is 2. The van der Waals surface area contributed by atoms with Crippen LogP contribution >= 0.6 is 11.3 Å². The number of aromatic nitrogens is 1. The van der Waals surface area contributed by atoms with Gasteiger partial charge < -0.3 is 15.4 Å². The van der Waals surface area contributed by atoms with Crippen LogP contribution in [-0.4, -0.2) is 12.6 Å². The predicted molar refractivity (Wildman–Crippen MR) is 174 cm³/mol. The van der Waals surface area contributed by atoms with Crippen molar-refractivity contribution in [1.82, 2.24) is 0 Å². The molecule has 0 saturated heterocycles. The Bertz CT molecular complexity index is 1140. The lowest BCUT2D eigenvalue weighted by Gasteiger charge is -2.24. The van der Waals surface area contributed by atoms with Gasteiger partial charge in [-0.2, -0.15) is 4.57 Å². The van der Waals surface area contributed by atoms with Crippen molar-refractivity contribution in [2.24, 2.45) is 0 Å². The molecule has 0 aliphatic heterocycles. The van der Waals surface area contributed by atoms with Crippen LogP contribution in [0.4, 0.5) is 16.2 Å². The first-order valence-electron chi connectivity index (χ1n) is 15.7. The molecule has 3 aromatic rings. The molecule has 1 heterocycles. The van der Waals surface area contributed by atoms with Gasteiger partial charge in [-0.1, -0.05) is 122 Å². The molecule has 0 radical (unpaired) electrons. The minimum absolute atomic E-state index is 0.101. The molecule has 0 aliphatic rings. The molecule has 41 heavy (non-hydrogen) atoms. The maximum Gasteiger partial charge on any atom is 0.323 e. The van der Waals surface area contributed by atoms with Gasteiger partial charge in [0, 0.05) is 22.5 Å². The fraction of sp³-hybridized carbons (Fsp3) is 0.543. The third kappa shape index (κ3) is 12.7. The largest absolute Gasteiger partial charge is 0.493 e. The van der Waals surface area contributed by atoms with Gasteiger partial charge in [0.2, 0.25) is 5.51 Å². The van der Waals surface area contributed by atoms with E-state index in [9.17, 15) is 4.79 Å². The van der Waals surface area contributed by atoms with Gasteiger partial charge in [-0.05, 0) is 42.2 Å². The molecule has 0 saturated carbocycles. The normalized spacial score (nSPS) is 11.4. The van der Waals surface area contributed by atoms with Crippen molar-refractivity contribution in [3.05, 3.63) is 70.7 Å². The summed E-state index contributed by atoms with van der Waals surface area (Å²) in [6.45, 7) is 10.4. The Hall–Kier alpha value is -2.86. The molecule has 6 heteroatoms. The smallest absolute Gasteiger partial charge is 0.323 e. The summed E-state index contributed by atoms with van der Waals surface area (Å²) in [6, 6.07) is 13.7. The zero-order chi connectivity index (χ0) is 29.3. The van der Waals surface area contributed by atoms with E-state index in [1.807, 2.05) is 42.5 Å². The average molecular weight is 579 g/mol. The summed E-state index contributed by atoms with van der Waals surface area (Å²) in [6.07, 6.45) is 18.1. The molecule has 224 valence electrons. The van der Waals surface area contributed by atoms with Crippen LogP contribution in [0.5, 0.6) is 5.75 Å². The first-order valence-corrected chi connectivity index (χ1v) is 16.6. The Morgan fingerprint density at radius 2 is 1.39 bits per heavy atom. The van der Waals surface area contributed by atoms with Gasteiger partial charge in [0.05, 0.1) is 12.0 Å². The van der Waals surface area contributed by atoms with E-state index in [4.69, 9.17) is 4.74 Å². The third-order valence-corrected chi connectivity index (χ3v) is 8.08. The first-order chi connectivity index (χ1) is 19.8. The second-order valence-electron chi connectivity index (χ2n) is 12.2. The molecular formula is C35H52N3O2S+. The number of hydrogen-bond acceptors (Lipinski definition) is 3. The lowest BCUT2D eigenvalue weighted by Crippen LogP contribution is -2.30. The second-order valence-corrected chi connectivity index (χ2v) is 12.9. The van der Waals surface area contributed by atoms with E-state index in [1.165, 1.54) is 76.2 Å². The SMILES string of the molecule is CCCCCCCCCCCCCCOc1ccc(NC(=O)Nc2ccc(C[n+]3ccsc3)cc2)cc1C(C)(C)C. The van der Waals surface area contributed by atoms with E-state index >= 15 is 0 Å². The van der Waals surface area contributed by atoms with E-state index in [-0.39, 0.29) is 11.4 Å². The summed E-state index contributed by atoms with van der Waals surface area (Å²) in [5.74, 6) is 0.908. The number of ether oxygens (including phenoxy) is 1. The van der Waals surface area contributed by atoms with E-state index in [1.54, 1.807) is 11.3 Å². The molecule has 2 N–H and O–H groups in total. The summed E-state index contributed by atoms with van der Waals surface area (Å²) in [7, 11) is 0. The van der Waals surface area contributed by atoms with Crippen molar-refractivity contribution >= 4 is 28.7 Å². The maximum atomic E-state index is 12.7. The van der Waals surface area contributed by atoms with Crippen LogP contribution in [0, 0.1) is 0 Å². The second kappa shape index (κ2) is 17.8. The monoisotopic (exact) mass is 578 g/mol. The molecular weight excluding hydrogens is 526 g/mol. The molecule has 0 bridgehead atoms. The highest BCUT2D eigenvalue weighted by molar-refractivity contribution is 7.07. The number of rotatable bonds is 18. The molecule has 0 fully saturated rings. The fourth-order valence-corrected chi connectivity index (χ4v) is 5.59. The molecule has 2 aromatic carbocycles. The number of nitrogens with zero attached hydrogens (tertiary/aromatic N) is 1. The van der Waals surface area contributed by atoms with Crippen LogP contribution in [-0.2, 0) is 12.0 Å². The Labute approximate surface area is 252 Å². The molecule has 0 atom stereocenters. The number of benzene rings is 2. The van der Waals surface area contributed by atoms with Crippen LogP contribution in [0.25, 0.3) is 0 Å². The predicted octanol–water partition coefficient (Wildman–Crippen LogP) is 10.1. The van der Waals surface area contributed by atoms with E-state index in [2.05, 4.69) is 60.0 Å². The summed E-state index contributed by atoms with van der Waals surface area (Å²) in [5.41, 5.74) is 5.80. The van der Waals surface area contributed by atoms with E-state index in [0.29, 0.717) is 0 Å². The quantitative estimate of drug-likeness (QED) is 0.117. The molecule has 2 amide bonds. The number of nitrogens with one attached hydrogen (secondary N) is 2. The standard InChI is InChI=1S/C35H51N3O2S/c1-5-6-7-8-9-10-11-12-13-14-15-16-24-40-33-22-21-31(26-32(33)35(2,3)4)37-34(39)36-30-19-17-29(18-20-30)27-38-23-25-41-28-38/h17-23,25-26,28H,5-16,24,27H2,1-4H3,(H-,36,37,39)/p+1. The van der Waals surface area contributed by atoms with Gasteiger partial charge in [0.1, 0.15) is 5.75 Å². The number of amides is 2. The van der Waals surface area contributed by atoms with E-state index < -0.39 is 0 Å². The highest BCUT2D eigenvalue weighted by atomic mass is 32.1. The molecule has 0 aliphatic carbocycles. The van der Waals surface area contributed by atoms with Gasteiger partial charge in [-0.25, -0.2) is 4.79 Å². The van der Waals surface area contributed by atoms with Crippen molar-refractivity contribution in [3.8, 4) is 5.75 Å². The summed E-state index contributed by atoms with van der Waals surface area (Å²) >= 11 is 1.67. The number of carbonyl (C=O) groups excluding carboxylic acids is 1. The van der Waals surface area contributed by atoms with Crippen LogP contribution in [0.15, 0.2) is 59.6 Å². The molecule has 5 nitrogen and oxygen atoms in total. The number of urea groups is 1. The van der Waals surface area contributed by atoms with Gasteiger partial charge in [-0.15, -0.1) is 0 Å². The Balaban J connectivity index is 1.38. The minimum atomic E-state index is -0.255. The fourth-order valence-electron chi connectivity index (χ4n) is 4.99. The van der Waals surface area contributed by atoms with Crippen molar-refractivity contribution < 1.29 is 14.1 Å². The number of unbranched alkanes of at least 4 members (excludes halogenated alkanes) is 11. The van der Waals surface area contributed by atoms with Crippen molar-refractivity contribution in [3.63, 3.8) is 0 Å². The molecule has 0 unspecified atom stereocenters. The summed E-state index contributed by atoms with van der Waals surface area (Å²) < 4.78 is 8.37. The topological polar surface area (TPSA) is 54.2 Å². The van der Waals surface area contributed by atoms with Gasteiger partial charge >= 0.3 is 6.03 Å². The maximum absolute atomic E-state index is 12.7. The molecule has 0 spiro atoms. The number of thiazole rings is 1. The minimum Gasteiger partial charge on any atom is -0.493 e. The van der Waals surface area contributed by atoms with Crippen molar-refractivity contribution in [2.75, 3.05) is 17.2 Å².